The summed E-state index contributed by atoms with van der Waals surface area (Å²) >= 11 is 2.72. The molecule has 1 amide bonds. The summed E-state index contributed by atoms with van der Waals surface area (Å²) in [4.78, 5) is 28.4. The van der Waals surface area contributed by atoms with Gasteiger partial charge in [-0.1, -0.05) is 77.7 Å². The Bertz CT molecular complexity index is 1630. The number of carbonyl (C=O) groups excluding carboxylic acids is 2. The SMILES string of the molecule is C=CCOc1cccc(C2/C(=C(\O)c3ccc(OCC)cc3)C(=O)C(=O)N2c2nnc(SCc3ccc(C)cc3)s2)c1. The van der Waals surface area contributed by atoms with E-state index in [-0.39, 0.29) is 23.1 Å². The molecule has 1 unspecified atom stereocenters. The number of ketones is 1. The van der Waals surface area contributed by atoms with Gasteiger partial charge in [0.2, 0.25) is 5.13 Å². The summed E-state index contributed by atoms with van der Waals surface area (Å²) in [5.74, 6) is -0.0606. The Labute approximate surface area is 252 Å². The number of Topliss-reactive ketones (excluding diaryl/α,β-unsaturated/α-hetero) is 1. The highest BCUT2D eigenvalue weighted by Gasteiger charge is 2.48. The van der Waals surface area contributed by atoms with E-state index in [0.29, 0.717) is 39.3 Å². The zero-order chi connectivity index (χ0) is 29.6. The zero-order valence-electron chi connectivity index (χ0n) is 23.1. The van der Waals surface area contributed by atoms with Crippen molar-refractivity contribution in [1.82, 2.24) is 10.2 Å². The number of aliphatic hydroxyl groups is 1. The lowest BCUT2D eigenvalue weighted by Gasteiger charge is -2.23. The second-order valence-electron chi connectivity index (χ2n) is 9.42. The number of aliphatic hydroxyl groups excluding tert-OH is 1. The van der Waals surface area contributed by atoms with Crippen molar-refractivity contribution in [3.63, 3.8) is 0 Å². The maximum atomic E-state index is 13.6. The number of amides is 1. The summed E-state index contributed by atoms with van der Waals surface area (Å²) in [5.41, 5.74) is 3.23. The number of anilines is 1. The number of nitrogens with zero attached hydrogens (tertiary/aromatic N) is 3. The van der Waals surface area contributed by atoms with Crippen LogP contribution >= 0.6 is 23.1 Å². The average Bonchev–Trinajstić information content (AvgIpc) is 3.58. The zero-order valence-corrected chi connectivity index (χ0v) is 24.8. The monoisotopic (exact) mass is 599 g/mol. The van der Waals surface area contributed by atoms with Gasteiger partial charge in [-0.15, -0.1) is 10.2 Å². The number of thioether (sulfide) groups is 1. The molecular formula is C32H29N3O5S2. The summed E-state index contributed by atoms with van der Waals surface area (Å²) in [6.07, 6.45) is 1.63. The lowest BCUT2D eigenvalue weighted by Crippen LogP contribution is -2.29. The first-order valence-electron chi connectivity index (χ1n) is 13.3. The fraction of sp³-hybridized carbons (Fsp3) is 0.188. The fourth-order valence-electron chi connectivity index (χ4n) is 4.49. The number of carbonyl (C=O) groups is 2. The van der Waals surface area contributed by atoms with Crippen molar-refractivity contribution < 1.29 is 24.2 Å². The summed E-state index contributed by atoms with van der Waals surface area (Å²) in [7, 11) is 0. The molecule has 1 aromatic heterocycles. The number of hydrogen-bond acceptors (Lipinski definition) is 9. The first-order valence-corrected chi connectivity index (χ1v) is 15.1. The van der Waals surface area contributed by atoms with Gasteiger partial charge in [0.25, 0.3) is 5.78 Å². The Kier molecular flexibility index (Phi) is 9.04. The molecule has 8 nitrogen and oxygen atoms in total. The number of aromatic nitrogens is 2. The van der Waals surface area contributed by atoms with Gasteiger partial charge in [-0.2, -0.15) is 0 Å². The van der Waals surface area contributed by atoms with Gasteiger partial charge in [0.05, 0.1) is 18.2 Å². The van der Waals surface area contributed by atoms with Gasteiger partial charge >= 0.3 is 5.91 Å². The molecule has 5 rings (SSSR count). The van der Waals surface area contributed by atoms with Crippen LogP contribution in [-0.4, -0.2) is 40.2 Å². The van der Waals surface area contributed by atoms with E-state index in [1.54, 1.807) is 54.6 Å². The number of rotatable bonds is 11. The molecule has 0 radical (unpaired) electrons. The van der Waals surface area contributed by atoms with E-state index in [0.717, 1.165) is 5.56 Å². The highest BCUT2D eigenvalue weighted by atomic mass is 32.2. The molecule has 3 aromatic carbocycles. The third-order valence-electron chi connectivity index (χ3n) is 6.51. The van der Waals surface area contributed by atoms with E-state index in [4.69, 9.17) is 9.47 Å². The van der Waals surface area contributed by atoms with Crippen LogP contribution in [0.25, 0.3) is 5.76 Å². The quantitative estimate of drug-likeness (QED) is 0.0506. The van der Waals surface area contributed by atoms with Crippen LogP contribution < -0.4 is 14.4 Å². The molecule has 42 heavy (non-hydrogen) atoms. The molecule has 214 valence electrons. The molecule has 10 heteroatoms. The van der Waals surface area contributed by atoms with Crippen molar-refractivity contribution in [3.8, 4) is 11.5 Å². The first kappa shape index (κ1) is 29.1. The predicted octanol–water partition coefficient (Wildman–Crippen LogP) is 6.73. The lowest BCUT2D eigenvalue weighted by molar-refractivity contribution is -0.132. The Balaban J connectivity index is 1.53. The van der Waals surface area contributed by atoms with Gasteiger partial charge in [0.15, 0.2) is 4.34 Å². The third-order valence-corrected chi connectivity index (χ3v) is 8.64. The second kappa shape index (κ2) is 13.1. The highest BCUT2D eigenvalue weighted by molar-refractivity contribution is 8.00. The molecule has 2 heterocycles. The van der Waals surface area contributed by atoms with E-state index in [1.807, 2.05) is 13.8 Å². The molecule has 1 atom stereocenters. The maximum absolute atomic E-state index is 13.6. The van der Waals surface area contributed by atoms with Gasteiger partial charge in [0.1, 0.15) is 23.9 Å². The number of benzene rings is 3. The maximum Gasteiger partial charge on any atom is 0.301 e. The first-order chi connectivity index (χ1) is 20.4. The second-order valence-corrected chi connectivity index (χ2v) is 11.6. The summed E-state index contributed by atoms with van der Waals surface area (Å²) < 4.78 is 11.9. The van der Waals surface area contributed by atoms with E-state index in [9.17, 15) is 14.7 Å². The molecule has 4 aromatic rings. The molecule has 1 aliphatic heterocycles. The van der Waals surface area contributed by atoms with Crippen molar-refractivity contribution >= 4 is 45.7 Å². The van der Waals surface area contributed by atoms with E-state index >= 15 is 0 Å². The topological polar surface area (TPSA) is 102 Å². The Morgan fingerprint density at radius 2 is 1.81 bits per heavy atom. The minimum Gasteiger partial charge on any atom is -0.507 e. The van der Waals surface area contributed by atoms with Gasteiger partial charge in [-0.3, -0.25) is 14.5 Å². The van der Waals surface area contributed by atoms with Crippen molar-refractivity contribution in [2.24, 2.45) is 0 Å². The fourth-order valence-corrected chi connectivity index (χ4v) is 6.32. The number of aryl methyl sites for hydroxylation is 1. The highest BCUT2D eigenvalue weighted by Crippen LogP contribution is 2.44. The lowest BCUT2D eigenvalue weighted by atomic mass is 9.95. The Morgan fingerprint density at radius 3 is 2.52 bits per heavy atom. The van der Waals surface area contributed by atoms with Crippen LogP contribution in [0.4, 0.5) is 5.13 Å². The van der Waals surface area contributed by atoms with Crippen LogP contribution in [0, 0.1) is 6.92 Å². The molecule has 1 saturated heterocycles. The Hall–Kier alpha value is -4.41. The minimum atomic E-state index is -0.952. The standard InChI is InChI=1S/C32H29N3O5S2/c1-4-17-40-25-8-6-7-23(18-25)27-26(28(36)22-13-15-24(16-14-22)39-5-2)29(37)30(38)35(27)31-33-34-32(42-31)41-19-21-11-9-20(3)10-12-21/h4,6-16,18,27,36H,1,5,17,19H2,2-3H3/b28-26+. The van der Waals surface area contributed by atoms with Crippen LogP contribution in [-0.2, 0) is 15.3 Å². The van der Waals surface area contributed by atoms with Crippen molar-refractivity contribution in [3.05, 3.63) is 113 Å². The summed E-state index contributed by atoms with van der Waals surface area (Å²) in [6.45, 7) is 8.38. The third kappa shape index (κ3) is 6.24. The molecule has 1 fully saturated rings. The van der Waals surface area contributed by atoms with Crippen molar-refractivity contribution in [2.45, 2.75) is 30.0 Å². The molecule has 0 bridgehead atoms. The van der Waals surface area contributed by atoms with E-state index in [2.05, 4.69) is 41.0 Å². The minimum absolute atomic E-state index is 0.0471. The molecule has 0 saturated carbocycles. The van der Waals surface area contributed by atoms with Crippen molar-refractivity contribution in [1.29, 1.82) is 0 Å². The molecular weight excluding hydrogens is 571 g/mol. The van der Waals surface area contributed by atoms with Crippen LogP contribution in [0.5, 0.6) is 11.5 Å². The molecule has 1 aliphatic rings. The van der Waals surface area contributed by atoms with Gasteiger partial charge < -0.3 is 14.6 Å². The largest absolute Gasteiger partial charge is 0.507 e. The molecule has 1 N–H and O–H groups in total. The summed E-state index contributed by atoms with van der Waals surface area (Å²) in [5, 5.41) is 20.3. The van der Waals surface area contributed by atoms with Gasteiger partial charge in [0, 0.05) is 11.3 Å². The number of hydrogen-bond donors (Lipinski definition) is 1. The predicted molar refractivity (Wildman–Crippen MR) is 165 cm³/mol. The van der Waals surface area contributed by atoms with Gasteiger partial charge in [-0.05, 0) is 61.4 Å². The summed E-state index contributed by atoms with van der Waals surface area (Å²) in [6, 6.07) is 21.1. The number of ether oxygens (including phenoxy) is 2. The van der Waals surface area contributed by atoms with Crippen LogP contribution in [0.1, 0.15) is 35.2 Å². The molecule has 0 spiro atoms. The van der Waals surface area contributed by atoms with Gasteiger partial charge in [-0.25, -0.2) is 0 Å². The smallest absolute Gasteiger partial charge is 0.301 e. The van der Waals surface area contributed by atoms with Crippen LogP contribution in [0.15, 0.2) is 95.4 Å². The van der Waals surface area contributed by atoms with Crippen LogP contribution in [0.2, 0.25) is 0 Å². The van der Waals surface area contributed by atoms with E-state index in [1.165, 1.54) is 33.6 Å². The Morgan fingerprint density at radius 1 is 1.05 bits per heavy atom. The molecule has 0 aliphatic carbocycles. The normalized spacial score (nSPS) is 16.0. The van der Waals surface area contributed by atoms with E-state index < -0.39 is 17.7 Å². The van der Waals surface area contributed by atoms with Crippen LogP contribution in [0.3, 0.4) is 0 Å². The van der Waals surface area contributed by atoms with Crippen molar-refractivity contribution in [2.75, 3.05) is 18.1 Å². The average molecular weight is 600 g/mol.